The molecule has 4 N–H and O–H groups in total. The molecule has 0 radical (unpaired) electrons. The van der Waals surface area contributed by atoms with Crippen molar-refractivity contribution < 1.29 is 5.11 Å². The lowest BCUT2D eigenvalue weighted by Crippen LogP contribution is -2.40. The minimum absolute atomic E-state index is 0.0728. The van der Waals surface area contributed by atoms with Gasteiger partial charge in [-0.3, -0.25) is 0 Å². The van der Waals surface area contributed by atoms with Crippen LogP contribution in [0.25, 0.3) is 0 Å². The van der Waals surface area contributed by atoms with Crippen molar-refractivity contribution in [2.75, 3.05) is 12.3 Å². The van der Waals surface area contributed by atoms with Crippen molar-refractivity contribution in [1.82, 2.24) is 10.3 Å². The van der Waals surface area contributed by atoms with E-state index in [0.717, 1.165) is 12.1 Å². The van der Waals surface area contributed by atoms with Crippen LogP contribution in [0.5, 0.6) is 0 Å². The molecule has 0 aromatic carbocycles. The number of hydrogen-bond acceptors (Lipinski definition) is 4. The Morgan fingerprint density at radius 2 is 2.00 bits per heavy atom. The maximum Gasteiger partial charge on any atom is 0.126 e. The van der Waals surface area contributed by atoms with Gasteiger partial charge < -0.3 is 16.2 Å². The summed E-state index contributed by atoms with van der Waals surface area (Å²) in [4.78, 5) is 4.03. The van der Waals surface area contributed by atoms with Gasteiger partial charge in [-0.05, 0) is 52.3 Å². The zero-order valence-corrected chi connectivity index (χ0v) is 11.8. The molecule has 4 nitrogen and oxygen atoms in total. The number of nitrogen functional groups attached to an aromatic ring is 1. The molecular formula is C14H25N3O. The summed E-state index contributed by atoms with van der Waals surface area (Å²) < 4.78 is 0. The van der Waals surface area contributed by atoms with E-state index in [9.17, 15) is 5.11 Å². The summed E-state index contributed by atoms with van der Waals surface area (Å²) in [5.74, 6) is 0.501. The third kappa shape index (κ3) is 5.47. The van der Waals surface area contributed by atoms with Crippen molar-refractivity contribution in [1.29, 1.82) is 0 Å². The number of aliphatic hydroxyl groups is 1. The monoisotopic (exact) mass is 251 g/mol. The van der Waals surface area contributed by atoms with Crippen molar-refractivity contribution in [2.24, 2.45) is 0 Å². The number of pyridine rings is 1. The van der Waals surface area contributed by atoms with E-state index in [4.69, 9.17) is 5.73 Å². The molecule has 1 unspecified atom stereocenters. The minimum atomic E-state index is -0.768. The average molecular weight is 251 g/mol. The number of nitrogens with one attached hydrogen (secondary N) is 1. The molecule has 1 heterocycles. The molecule has 0 saturated carbocycles. The molecule has 18 heavy (non-hydrogen) atoms. The Hall–Kier alpha value is -1.13. The normalized spacial score (nSPS) is 15.4. The number of nitrogens with zero attached hydrogens (tertiary/aromatic N) is 1. The SMILES string of the molecule is CC(O)(CCNC(C)(C)C)Cc1cccnc1N. The van der Waals surface area contributed by atoms with Crippen LogP contribution in [0.3, 0.4) is 0 Å². The van der Waals surface area contributed by atoms with E-state index in [1.165, 1.54) is 0 Å². The first-order valence-electron chi connectivity index (χ1n) is 6.36. The summed E-state index contributed by atoms with van der Waals surface area (Å²) in [6.45, 7) is 8.95. The predicted molar refractivity (Wildman–Crippen MR) is 75.3 cm³/mol. The van der Waals surface area contributed by atoms with Gasteiger partial charge in [-0.2, -0.15) is 0 Å². The van der Waals surface area contributed by atoms with E-state index in [-0.39, 0.29) is 5.54 Å². The van der Waals surface area contributed by atoms with Crippen LogP contribution in [0.15, 0.2) is 18.3 Å². The van der Waals surface area contributed by atoms with Gasteiger partial charge in [0.05, 0.1) is 5.60 Å². The summed E-state index contributed by atoms with van der Waals surface area (Å²) in [5.41, 5.74) is 5.99. The summed E-state index contributed by atoms with van der Waals surface area (Å²) in [6.07, 6.45) is 2.87. The van der Waals surface area contributed by atoms with Crippen LogP contribution in [0.1, 0.15) is 39.7 Å². The van der Waals surface area contributed by atoms with Gasteiger partial charge in [-0.15, -0.1) is 0 Å². The molecule has 1 aromatic heterocycles. The van der Waals surface area contributed by atoms with Crippen LogP contribution in [-0.4, -0.2) is 27.8 Å². The van der Waals surface area contributed by atoms with Gasteiger partial charge in [0.2, 0.25) is 0 Å². The highest BCUT2D eigenvalue weighted by molar-refractivity contribution is 5.39. The van der Waals surface area contributed by atoms with E-state index in [0.29, 0.717) is 18.7 Å². The smallest absolute Gasteiger partial charge is 0.126 e. The standard InChI is InChI=1S/C14H25N3O/c1-13(2,3)17-9-7-14(4,18)10-11-6-5-8-16-12(11)15/h5-6,8,17-18H,7,9-10H2,1-4H3,(H2,15,16). The third-order valence-electron chi connectivity index (χ3n) is 2.82. The molecule has 0 aliphatic carbocycles. The van der Waals surface area contributed by atoms with Crippen LogP contribution < -0.4 is 11.1 Å². The van der Waals surface area contributed by atoms with Gasteiger partial charge in [-0.1, -0.05) is 6.07 Å². The summed E-state index contributed by atoms with van der Waals surface area (Å²) in [6, 6.07) is 3.75. The molecule has 0 saturated heterocycles. The fraction of sp³-hybridized carbons (Fsp3) is 0.643. The molecule has 0 spiro atoms. The Kier molecular flexibility index (Phi) is 4.71. The number of nitrogens with two attached hydrogens (primary N) is 1. The summed E-state index contributed by atoms with van der Waals surface area (Å²) in [5, 5.41) is 13.7. The van der Waals surface area contributed by atoms with Crippen LogP contribution in [0.2, 0.25) is 0 Å². The molecule has 0 amide bonds. The quantitative estimate of drug-likeness (QED) is 0.745. The second kappa shape index (κ2) is 5.67. The minimum Gasteiger partial charge on any atom is -0.390 e. The largest absolute Gasteiger partial charge is 0.390 e. The van der Waals surface area contributed by atoms with Gasteiger partial charge in [0.1, 0.15) is 5.82 Å². The Labute approximate surface area is 110 Å². The highest BCUT2D eigenvalue weighted by Gasteiger charge is 2.22. The lowest BCUT2D eigenvalue weighted by molar-refractivity contribution is 0.0500. The van der Waals surface area contributed by atoms with Gasteiger partial charge in [-0.25, -0.2) is 4.98 Å². The fourth-order valence-electron chi connectivity index (χ4n) is 1.81. The molecule has 1 aromatic rings. The van der Waals surface area contributed by atoms with Crippen molar-refractivity contribution in [3.05, 3.63) is 23.9 Å². The second-order valence-corrected chi connectivity index (χ2v) is 6.15. The maximum atomic E-state index is 10.4. The molecule has 102 valence electrons. The predicted octanol–water partition coefficient (Wildman–Crippen LogP) is 1.74. The number of anilines is 1. The molecule has 0 aliphatic rings. The molecular weight excluding hydrogens is 226 g/mol. The first-order chi connectivity index (χ1) is 8.20. The summed E-state index contributed by atoms with van der Waals surface area (Å²) >= 11 is 0. The molecule has 0 fully saturated rings. The molecule has 0 bridgehead atoms. The van der Waals surface area contributed by atoms with Crippen molar-refractivity contribution in [3.63, 3.8) is 0 Å². The van der Waals surface area contributed by atoms with Crippen molar-refractivity contribution in [2.45, 2.75) is 51.7 Å². The van der Waals surface area contributed by atoms with Crippen LogP contribution in [0, 0.1) is 0 Å². The van der Waals surface area contributed by atoms with E-state index >= 15 is 0 Å². The first-order valence-corrected chi connectivity index (χ1v) is 6.36. The molecule has 4 heteroatoms. The van der Waals surface area contributed by atoms with Crippen LogP contribution >= 0.6 is 0 Å². The van der Waals surface area contributed by atoms with Gasteiger partial charge in [0.15, 0.2) is 0 Å². The van der Waals surface area contributed by atoms with Gasteiger partial charge in [0.25, 0.3) is 0 Å². The number of hydrogen-bond donors (Lipinski definition) is 3. The Balaban J connectivity index is 2.52. The zero-order valence-electron chi connectivity index (χ0n) is 11.8. The van der Waals surface area contributed by atoms with E-state index in [1.807, 2.05) is 19.1 Å². The van der Waals surface area contributed by atoms with E-state index in [1.54, 1.807) is 6.20 Å². The number of rotatable bonds is 5. The Bertz CT molecular complexity index is 383. The highest BCUT2D eigenvalue weighted by atomic mass is 16.3. The molecule has 1 atom stereocenters. The van der Waals surface area contributed by atoms with Gasteiger partial charge in [0, 0.05) is 18.2 Å². The number of aromatic nitrogens is 1. The van der Waals surface area contributed by atoms with E-state index < -0.39 is 5.60 Å². The fourth-order valence-corrected chi connectivity index (χ4v) is 1.81. The van der Waals surface area contributed by atoms with Crippen LogP contribution in [-0.2, 0) is 6.42 Å². The summed E-state index contributed by atoms with van der Waals surface area (Å²) in [7, 11) is 0. The van der Waals surface area contributed by atoms with Gasteiger partial charge >= 0.3 is 0 Å². The van der Waals surface area contributed by atoms with E-state index in [2.05, 4.69) is 31.1 Å². The maximum absolute atomic E-state index is 10.4. The average Bonchev–Trinajstić information content (AvgIpc) is 2.18. The lowest BCUT2D eigenvalue weighted by Gasteiger charge is -2.27. The second-order valence-electron chi connectivity index (χ2n) is 6.15. The Morgan fingerprint density at radius 1 is 1.33 bits per heavy atom. The molecule has 1 rings (SSSR count). The van der Waals surface area contributed by atoms with Crippen molar-refractivity contribution in [3.8, 4) is 0 Å². The lowest BCUT2D eigenvalue weighted by atomic mass is 9.93. The first kappa shape index (κ1) is 14.9. The third-order valence-corrected chi connectivity index (χ3v) is 2.82. The highest BCUT2D eigenvalue weighted by Crippen LogP contribution is 2.19. The van der Waals surface area contributed by atoms with Crippen molar-refractivity contribution >= 4 is 5.82 Å². The van der Waals surface area contributed by atoms with Crippen LogP contribution in [0.4, 0.5) is 5.82 Å². The topological polar surface area (TPSA) is 71.2 Å². The Morgan fingerprint density at radius 3 is 2.56 bits per heavy atom. The zero-order chi connectivity index (χ0) is 13.8. The molecule has 0 aliphatic heterocycles.